The van der Waals surface area contributed by atoms with E-state index < -0.39 is 0 Å². The van der Waals surface area contributed by atoms with Crippen molar-refractivity contribution in [2.45, 2.75) is 46.5 Å². The lowest BCUT2D eigenvalue weighted by Gasteiger charge is -2.19. The summed E-state index contributed by atoms with van der Waals surface area (Å²) in [6.07, 6.45) is 6.82. The van der Waals surface area contributed by atoms with Crippen LogP contribution in [0.3, 0.4) is 0 Å². The molecular weight excluding hydrogens is 222 g/mol. The van der Waals surface area contributed by atoms with Crippen LogP contribution in [0.25, 0.3) is 0 Å². The van der Waals surface area contributed by atoms with Crippen LogP contribution in [0.5, 0.6) is 0 Å². The minimum absolute atomic E-state index is 0.782. The standard InChI is InChI=1S/C15H29N3/c1-5-9-16-12-14(11-13(2)3)6-7-15-8-10-17-18(15)4/h8,10,13-14,16H,5-7,9,11-12H2,1-4H3. The average molecular weight is 251 g/mol. The van der Waals surface area contributed by atoms with E-state index in [-0.39, 0.29) is 0 Å². The first-order valence-corrected chi connectivity index (χ1v) is 7.31. The highest BCUT2D eigenvalue weighted by Gasteiger charge is 2.11. The van der Waals surface area contributed by atoms with Gasteiger partial charge in [0.1, 0.15) is 0 Å². The van der Waals surface area contributed by atoms with Crippen LogP contribution in [0, 0.1) is 11.8 Å². The van der Waals surface area contributed by atoms with Gasteiger partial charge in [-0.15, -0.1) is 0 Å². The molecular formula is C15H29N3. The highest BCUT2D eigenvalue weighted by Crippen LogP contribution is 2.17. The molecule has 1 aromatic heterocycles. The number of nitrogens with zero attached hydrogens (tertiary/aromatic N) is 2. The minimum Gasteiger partial charge on any atom is -0.316 e. The topological polar surface area (TPSA) is 29.9 Å². The summed E-state index contributed by atoms with van der Waals surface area (Å²) in [5.41, 5.74) is 1.35. The van der Waals surface area contributed by atoms with E-state index in [1.165, 1.54) is 25.0 Å². The van der Waals surface area contributed by atoms with Crippen molar-refractivity contribution in [3.63, 3.8) is 0 Å². The summed E-state index contributed by atoms with van der Waals surface area (Å²) in [4.78, 5) is 0. The molecule has 1 aromatic rings. The van der Waals surface area contributed by atoms with E-state index in [4.69, 9.17) is 0 Å². The van der Waals surface area contributed by atoms with E-state index in [1.54, 1.807) is 0 Å². The maximum Gasteiger partial charge on any atom is 0.0492 e. The fraction of sp³-hybridized carbons (Fsp3) is 0.800. The fourth-order valence-corrected chi connectivity index (χ4v) is 2.45. The second-order valence-electron chi connectivity index (χ2n) is 5.68. The second kappa shape index (κ2) is 8.30. The molecule has 1 rings (SSSR count). The van der Waals surface area contributed by atoms with Crippen LogP contribution < -0.4 is 5.32 Å². The zero-order valence-corrected chi connectivity index (χ0v) is 12.4. The molecule has 18 heavy (non-hydrogen) atoms. The first-order valence-electron chi connectivity index (χ1n) is 7.31. The maximum absolute atomic E-state index is 4.23. The molecule has 0 aliphatic rings. The molecule has 104 valence electrons. The smallest absolute Gasteiger partial charge is 0.0492 e. The quantitative estimate of drug-likeness (QED) is 0.684. The monoisotopic (exact) mass is 251 g/mol. The van der Waals surface area contributed by atoms with Crippen molar-refractivity contribution in [3.05, 3.63) is 18.0 Å². The first kappa shape index (κ1) is 15.2. The van der Waals surface area contributed by atoms with Crippen LogP contribution in [0.2, 0.25) is 0 Å². The molecule has 0 saturated carbocycles. The molecule has 0 fully saturated rings. The summed E-state index contributed by atoms with van der Waals surface area (Å²) in [6, 6.07) is 2.13. The minimum atomic E-state index is 0.782. The Morgan fingerprint density at radius 2 is 2.17 bits per heavy atom. The number of aromatic nitrogens is 2. The summed E-state index contributed by atoms with van der Waals surface area (Å²) < 4.78 is 1.99. The molecule has 1 N–H and O–H groups in total. The molecule has 0 saturated heterocycles. The molecule has 0 radical (unpaired) electrons. The van der Waals surface area contributed by atoms with Gasteiger partial charge in [-0.05, 0) is 56.7 Å². The van der Waals surface area contributed by atoms with Crippen LogP contribution in [0.15, 0.2) is 12.3 Å². The Labute approximate surface area is 112 Å². The van der Waals surface area contributed by atoms with Crippen LogP contribution in [0.4, 0.5) is 0 Å². The van der Waals surface area contributed by atoms with E-state index >= 15 is 0 Å². The van der Waals surface area contributed by atoms with E-state index in [2.05, 4.69) is 37.3 Å². The summed E-state index contributed by atoms with van der Waals surface area (Å²) in [6.45, 7) is 9.15. The van der Waals surface area contributed by atoms with Gasteiger partial charge in [0, 0.05) is 18.9 Å². The van der Waals surface area contributed by atoms with Crippen molar-refractivity contribution in [3.8, 4) is 0 Å². The predicted octanol–water partition coefficient (Wildman–Crippen LogP) is 3.01. The largest absolute Gasteiger partial charge is 0.316 e. The van der Waals surface area contributed by atoms with Crippen molar-refractivity contribution in [2.75, 3.05) is 13.1 Å². The van der Waals surface area contributed by atoms with Crippen molar-refractivity contribution >= 4 is 0 Å². The van der Waals surface area contributed by atoms with Gasteiger partial charge in [0.2, 0.25) is 0 Å². The third-order valence-corrected chi connectivity index (χ3v) is 3.40. The normalized spacial score (nSPS) is 13.2. The third kappa shape index (κ3) is 5.67. The maximum atomic E-state index is 4.23. The number of hydrogen-bond donors (Lipinski definition) is 1. The van der Waals surface area contributed by atoms with Gasteiger partial charge in [-0.1, -0.05) is 20.8 Å². The van der Waals surface area contributed by atoms with Gasteiger partial charge in [0.15, 0.2) is 0 Å². The summed E-state index contributed by atoms with van der Waals surface area (Å²) in [7, 11) is 2.03. The van der Waals surface area contributed by atoms with Crippen LogP contribution in [-0.2, 0) is 13.5 Å². The third-order valence-electron chi connectivity index (χ3n) is 3.40. The molecule has 0 amide bonds. The van der Waals surface area contributed by atoms with E-state index in [9.17, 15) is 0 Å². The summed E-state index contributed by atoms with van der Waals surface area (Å²) in [5.74, 6) is 1.57. The van der Waals surface area contributed by atoms with E-state index in [1.807, 2.05) is 17.9 Å². The van der Waals surface area contributed by atoms with Gasteiger partial charge < -0.3 is 5.32 Å². The Balaban J connectivity index is 2.37. The SMILES string of the molecule is CCCNCC(CCc1ccnn1C)CC(C)C. The number of hydrogen-bond acceptors (Lipinski definition) is 2. The van der Waals surface area contributed by atoms with Gasteiger partial charge in [-0.2, -0.15) is 5.10 Å². The molecule has 1 unspecified atom stereocenters. The highest BCUT2D eigenvalue weighted by molar-refractivity contribution is 5.00. The zero-order valence-electron chi connectivity index (χ0n) is 12.4. The number of rotatable bonds is 9. The zero-order chi connectivity index (χ0) is 13.4. The van der Waals surface area contributed by atoms with Gasteiger partial charge in [-0.25, -0.2) is 0 Å². The average Bonchev–Trinajstić information content (AvgIpc) is 2.71. The van der Waals surface area contributed by atoms with Crippen molar-refractivity contribution in [1.29, 1.82) is 0 Å². The number of nitrogens with one attached hydrogen (secondary N) is 1. The summed E-state index contributed by atoms with van der Waals surface area (Å²) in [5, 5.41) is 7.79. The van der Waals surface area contributed by atoms with Gasteiger partial charge in [0.25, 0.3) is 0 Å². The first-order chi connectivity index (χ1) is 8.63. The lowest BCUT2D eigenvalue weighted by Crippen LogP contribution is -2.25. The molecule has 0 spiro atoms. The Bertz CT molecular complexity index is 317. The predicted molar refractivity (Wildman–Crippen MR) is 77.6 cm³/mol. The molecule has 0 aliphatic heterocycles. The van der Waals surface area contributed by atoms with Crippen LogP contribution in [0.1, 0.15) is 45.7 Å². The Morgan fingerprint density at radius 3 is 2.72 bits per heavy atom. The van der Waals surface area contributed by atoms with Crippen molar-refractivity contribution in [2.24, 2.45) is 18.9 Å². The Hall–Kier alpha value is -0.830. The lowest BCUT2D eigenvalue weighted by molar-refractivity contribution is 0.364. The lowest BCUT2D eigenvalue weighted by atomic mass is 9.92. The van der Waals surface area contributed by atoms with Gasteiger partial charge in [-0.3, -0.25) is 4.68 Å². The second-order valence-corrected chi connectivity index (χ2v) is 5.68. The summed E-state index contributed by atoms with van der Waals surface area (Å²) >= 11 is 0. The van der Waals surface area contributed by atoms with E-state index in [0.29, 0.717) is 0 Å². The van der Waals surface area contributed by atoms with Gasteiger partial charge in [0.05, 0.1) is 0 Å². The van der Waals surface area contributed by atoms with Crippen LogP contribution in [-0.4, -0.2) is 22.9 Å². The van der Waals surface area contributed by atoms with Crippen LogP contribution >= 0.6 is 0 Å². The Kier molecular flexibility index (Phi) is 7.02. The molecule has 3 nitrogen and oxygen atoms in total. The molecule has 0 aliphatic carbocycles. The molecule has 0 aromatic carbocycles. The van der Waals surface area contributed by atoms with Crippen molar-refractivity contribution < 1.29 is 0 Å². The number of aryl methyl sites for hydroxylation is 2. The molecule has 3 heteroatoms. The molecule has 1 heterocycles. The fourth-order valence-electron chi connectivity index (χ4n) is 2.45. The highest BCUT2D eigenvalue weighted by atomic mass is 15.2. The van der Waals surface area contributed by atoms with E-state index in [0.717, 1.165) is 31.3 Å². The van der Waals surface area contributed by atoms with Gasteiger partial charge >= 0.3 is 0 Å². The molecule has 0 bridgehead atoms. The molecule has 1 atom stereocenters. The Morgan fingerprint density at radius 1 is 1.39 bits per heavy atom. The van der Waals surface area contributed by atoms with Crippen molar-refractivity contribution in [1.82, 2.24) is 15.1 Å².